The lowest BCUT2D eigenvalue weighted by atomic mass is 10.2. The van der Waals surface area contributed by atoms with Crippen LogP contribution in [-0.4, -0.2) is 23.3 Å². The minimum Gasteiger partial charge on any atom is -0.494 e. The lowest BCUT2D eigenvalue weighted by Crippen LogP contribution is -1.94. The summed E-state index contributed by atoms with van der Waals surface area (Å²) in [5, 5.41) is 0. The Kier molecular flexibility index (Phi) is 6.37. The third kappa shape index (κ3) is 4.96. The van der Waals surface area contributed by atoms with Crippen molar-refractivity contribution in [2.24, 2.45) is 0 Å². The van der Waals surface area contributed by atoms with E-state index in [2.05, 4.69) is 6.92 Å². The van der Waals surface area contributed by atoms with Crippen LogP contribution in [-0.2, 0) is 10.8 Å². The summed E-state index contributed by atoms with van der Waals surface area (Å²) in [4.78, 5) is 0. The van der Waals surface area contributed by atoms with Gasteiger partial charge in [0.15, 0.2) is 0 Å². The highest BCUT2D eigenvalue weighted by atomic mass is 32.2. The number of ether oxygens (including phenoxy) is 1. The second kappa shape index (κ2) is 7.56. The molecule has 0 heterocycles. The van der Waals surface area contributed by atoms with E-state index in [1.807, 2.05) is 36.6 Å². The number of hydrogen-bond donors (Lipinski definition) is 0. The van der Waals surface area contributed by atoms with Gasteiger partial charge in [-0.1, -0.05) is 19.1 Å². The van der Waals surface area contributed by atoms with Crippen LogP contribution in [0, 0.1) is 0 Å². The second-order valence-corrected chi connectivity index (χ2v) is 5.99. The standard InChI is InChI=1S/C13H18O2S2/c1-4-9-15-12-7-5-11(6-8-12)10-13(16-2)17(3)14/h5-8,10H,4,9H2,1-3H3. The maximum Gasteiger partial charge on any atom is 0.119 e. The molecule has 0 aliphatic carbocycles. The van der Waals surface area contributed by atoms with Gasteiger partial charge in [-0.15, -0.1) is 11.8 Å². The van der Waals surface area contributed by atoms with Gasteiger partial charge >= 0.3 is 0 Å². The molecule has 94 valence electrons. The summed E-state index contributed by atoms with van der Waals surface area (Å²) in [6, 6.07) is 7.85. The van der Waals surface area contributed by atoms with Crippen LogP contribution in [0.1, 0.15) is 18.9 Å². The first-order valence-electron chi connectivity index (χ1n) is 5.49. The third-order valence-electron chi connectivity index (χ3n) is 2.12. The van der Waals surface area contributed by atoms with Crippen molar-refractivity contribution in [3.63, 3.8) is 0 Å². The van der Waals surface area contributed by atoms with Gasteiger partial charge in [-0.25, -0.2) is 0 Å². The summed E-state index contributed by atoms with van der Waals surface area (Å²) in [6.45, 7) is 2.82. The maximum absolute atomic E-state index is 11.4. The summed E-state index contributed by atoms with van der Waals surface area (Å²) < 4.78 is 17.8. The highest BCUT2D eigenvalue weighted by Crippen LogP contribution is 2.20. The molecular formula is C13H18O2S2. The van der Waals surface area contributed by atoms with Crippen LogP contribution in [0.4, 0.5) is 0 Å². The zero-order valence-corrected chi connectivity index (χ0v) is 12.1. The first-order valence-corrected chi connectivity index (χ1v) is 8.27. The zero-order valence-electron chi connectivity index (χ0n) is 10.4. The normalized spacial score (nSPS) is 13.5. The smallest absolute Gasteiger partial charge is 0.119 e. The molecule has 1 aromatic rings. The van der Waals surface area contributed by atoms with Gasteiger partial charge in [0.2, 0.25) is 0 Å². The monoisotopic (exact) mass is 270 g/mol. The fourth-order valence-corrected chi connectivity index (χ4v) is 2.77. The van der Waals surface area contributed by atoms with E-state index in [0.717, 1.165) is 28.6 Å². The molecule has 2 nitrogen and oxygen atoms in total. The average Bonchev–Trinajstić information content (AvgIpc) is 2.34. The molecule has 0 saturated heterocycles. The lowest BCUT2D eigenvalue weighted by Gasteiger charge is -2.05. The third-order valence-corrected chi connectivity index (χ3v) is 4.53. The fourth-order valence-electron chi connectivity index (χ4n) is 1.28. The maximum atomic E-state index is 11.4. The van der Waals surface area contributed by atoms with E-state index in [0.29, 0.717) is 0 Å². The van der Waals surface area contributed by atoms with E-state index < -0.39 is 10.8 Å². The van der Waals surface area contributed by atoms with Crippen molar-refractivity contribution in [1.82, 2.24) is 0 Å². The molecule has 4 heteroatoms. The summed E-state index contributed by atoms with van der Waals surface area (Å²) in [5.74, 6) is 0.882. The molecule has 0 radical (unpaired) electrons. The van der Waals surface area contributed by atoms with Crippen molar-refractivity contribution < 1.29 is 8.95 Å². The molecule has 1 unspecified atom stereocenters. The van der Waals surface area contributed by atoms with Crippen LogP contribution in [0.25, 0.3) is 6.08 Å². The van der Waals surface area contributed by atoms with Gasteiger partial charge in [-0.3, -0.25) is 4.21 Å². The molecule has 17 heavy (non-hydrogen) atoms. The first-order chi connectivity index (χ1) is 8.17. The van der Waals surface area contributed by atoms with Crippen molar-refractivity contribution in [3.05, 3.63) is 34.1 Å². The summed E-state index contributed by atoms with van der Waals surface area (Å²) in [7, 11) is -0.921. The van der Waals surface area contributed by atoms with Gasteiger partial charge in [-0.2, -0.15) is 0 Å². The van der Waals surface area contributed by atoms with Gasteiger partial charge in [0.05, 0.1) is 21.6 Å². The van der Waals surface area contributed by atoms with E-state index in [4.69, 9.17) is 4.74 Å². The van der Waals surface area contributed by atoms with Gasteiger partial charge in [0, 0.05) is 6.26 Å². The van der Waals surface area contributed by atoms with Crippen LogP contribution in [0.15, 0.2) is 28.5 Å². The molecule has 0 aromatic heterocycles. The van der Waals surface area contributed by atoms with Crippen LogP contribution < -0.4 is 4.74 Å². The number of benzene rings is 1. The molecule has 0 aliphatic heterocycles. The van der Waals surface area contributed by atoms with Gasteiger partial charge in [0.25, 0.3) is 0 Å². The molecule has 0 fully saturated rings. The Morgan fingerprint density at radius 2 is 2.06 bits per heavy atom. The largest absolute Gasteiger partial charge is 0.494 e. The highest BCUT2D eigenvalue weighted by Gasteiger charge is 2.00. The Hall–Kier alpha value is -0.740. The Bertz CT molecular complexity index is 396. The number of rotatable bonds is 6. The minimum atomic E-state index is -0.921. The fraction of sp³-hybridized carbons (Fsp3) is 0.385. The quantitative estimate of drug-likeness (QED) is 0.791. The Morgan fingerprint density at radius 3 is 2.53 bits per heavy atom. The Morgan fingerprint density at radius 1 is 1.41 bits per heavy atom. The summed E-state index contributed by atoms with van der Waals surface area (Å²) >= 11 is 1.52. The Balaban J connectivity index is 2.76. The highest BCUT2D eigenvalue weighted by molar-refractivity contribution is 8.16. The van der Waals surface area contributed by atoms with Crippen LogP contribution in [0.2, 0.25) is 0 Å². The van der Waals surface area contributed by atoms with E-state index in [9.17, 15) is 4.21 Å². The van der Waals surface area contributed by atoms with E-state index in [1.54, 1.807) is 6.26 Å². The van der Waals surface area contributed by atoms with Crippen molar-refractivity contribution in [2.45, 2.75) is 13.3 Å². The predicted octanol–water partition coefficient (Wildman–Crippen LogP) is 3.52. The molecule has 1 aromatic carbocycles. The number of thioether (sulfide) groups is 1. The van der Waals surface area contributed by atoms with Crippen LogP contribution in [0.3, 0.4) is 0 Å². The minimum absolute atomic E-state index is 0.740. The first kappa shape index (κ1) is 14.3. The molecular weight excluding hydrogens is 252 g/mol. The molecule has 1 rings (SSSR count). The van der Waals surface area contributed by atoms with Crippen molar-refractivity contribution in [3.8, 4) is 5.75 Å². The van der Waals surface area contributed by atoms with Gasteiger partial charge in [-0.05, 0) is 36.4 Å². The van der Waals surface area contributed by atoms with E-state index in [-0.39, 0.29) is 0 Å². The molecule has 0 N–H and O–H groups in total. The van der Waals surface area contributed by atoms with Gasteiger partial charge < -0.3 is 4.74 Å². The van der Waals surface area contributed by atoms with Crippen molar-refractivity contribution in [1.29, 1.82) is 0 Å². The SMILES string of the molecule is CCCOc1ccc(C=C(SC)S(C)=O)cc1. The van der Waals surface area contributed by atoms with E-state index in [1.165, 1.54) is 11.8 Å². The second-order valence-electron chi connectivity index (χ2n) is 3.54. The molecule has 0 spiro atoms. The molecule has 1 atom stereocenters. The average molecular weight is 270 g/mol. The van der Waals surface area contributed by atoms with Crippen LogP contribution >= 0.6 is 11.8 Å². The van der Waals surface area contributed by atoms with Crippen molar-refractivity contribution in [2.75, 3.05) is 19.1 Å². The Labute approximate surface area is 110 Å². The van der Waals surface area contributed by atoms with Gasteiger partial charge in [0.1, 0.15) is 5.75 Å². The molecule has 0 saturated carbocycles. The molecule has 0 bridgehead atoms. The predicted molar refractivity (Wildman–Crippen MR) is 77.8 cm³/mol. The summed E-state index contributed by atoms with van der Waals surface area (Å²) in [6.07, 6.45) is 6.59. The summed E-state index contributed by atoms with van der Waals surface area (Å²) in [5.41, 5.74) is 1.05. The topological polar surface area (TPSA) is 26.3 Å². The van der Waals surface area contributed by atoms with E-state index >= 15 is 0 Å². The van der Waals surface area contributed by atoms with Crippen LogP contribution in [0.5, 0.6) is 5.75 Å². The molecule has 0 amide bonds. The van der Waals surface area contributed by atoms with Crippen molar-refractivity contribution >= 4 is 28.6 Å². The molecule has 0 aliphatic rings. The number of hydrogen-bond acceptors (Lipinski definition) is 3. The zero-order chi connectivity index (χ0) is 12.7. The lowest BCUT2D eigenvalue weighted by molar-refractivity contribution is 0.317.